The predicted octanol–water partition coefficient (Wildman–Crippen LogP) is 3.91. The first kappa shape index (κ1) is 12.9. The van der Waals surface area contributed by atoms with E-state index in [9.17, 15) is 10.1 Å². The summed E-state index contributed by atoms with van der Waals surface area (Å²) in [5, 5.41) is 20.0. The van der Waals surface area contributed by atoms with E-state index in [2.05, 4.69) is 0 Å². The average Bonchev–Trinajstić information content (AvgIpc) is 2.41. The molecule has 0 aromatic heterocycles. The van der Waals surface area contributed by atoms with Crippen LogP contribution in [0.5, 0.6) is 11.5 Å². The minimum Gasteiger partial charge on any atom is -0.456 e. The van der Waals surface area contributed by atoms with Gasteiger partial charge < -0.3 is 4.74 Å². The van der Waals surface area contributed by atoms with Gasteiger partial charge >= 0.3 is 0 Å². The second-order valence-corrected chi connectivity index (χ2v) is 3.99. The van der Waals surface area contributed by atoms with Crippen LogP contribution in [-0.4, -0.2) is 4.92 Å². The van der Waals surface area contributed by atoms with Crippen molar-refractivity contribution in [3.63, 3.8) is 0 Å². The Morgan fingerprint density at radius 1 is 1.26 bits per heavy atom. The van der Waals surface area contributed by atoms with Gasteiger partial charge in [-0.1, -0.05) is 23.7 Å². The van der Waals surface area contributed by atoms with E-state index in [0.29, 0.717) is 10.8 Å². The number of halogens is 1. The van der Waals surface area contributed by atoms with Gasteiger partial charge in [0.15, 0.2) is 0 Å². The molecule has 0 amide bonds. The molecule has 19 heavy (non-hydrogen) atoms. The van der Waals surface area contributed by atoms with E-state index in [0.717, 1.165) is 0 Å². The molecule has 0 saturated carbocycles. The molecule has 0 aliphatic heterocycles. The van der Waals surface area contributed by atoms with E-state index >= 15 is 0 Å². The van der Waals surface area contributed by atoms with Gasteiger partial charge in [0.05, 0.1) is 16.0 Å². The molecule has 0 fully saturated rings. The lowest BCUT2D eigenvalue weighted by molar-refractivity contribution is -0.385. The average molecular weight is 275 g/mol. The fourth-order valence-electron chi connectivity index (χ4n) is 1.48. The minimum atomic E-state index is -0.627. The summed E-state index contributed by atoms with van der Waals surface area (Å²) < 4.78 is 5.45. The zero-order chi connectivity index (χ0) is 13.8. The van der Waals surface area contributed by atoms with Gasteiger partial charge in [0.1, 0.15) is 23.1 Å². The fourth-order valence-corrected chi connectivity index (χ4v) is 1.65. The van der Waals surface area contributed by atoms with Gasteiger partial charge in [0.25, 0.3) is 5.69 Å². The molecule has 0 heterocycles. The van der Waals surface area contributed by atoms with Crippen LogP contribution >= 0.6 is 11.6 Å². The summed E-state index contributed by atoms with van der Waals surface area (Å²) in [6.07, 6.45) is 0. The first-order valence-electron chi connectivity index (χ1n) is 5.22. The Balaban J connectivity index is 2.38. The summed E-state index contributed by atoms with van der Waals surface area (Å²) in [6, 6.07) is 12.5. The number of nitro groups is 1. The van der Waals surface area contributed by atoms with Crippen molar-refractivity contribution in [2.45, 2.75) is 0 Å². The molecule has 0 spiro atoms. The lowest BCUT2D eigenvalue weighted by atomic mass is 10.2. The number of hydrogen-bond acceptors (Lipinski definition) is 4. The Kier molecular flexibility index (Phi) is 3.64. The van der Waals surface area contributed by atoms with Gasteiger partial charge in [-0.05, 0) is 24.3 Å². The quantitative estimate of drug-likeness (QED) is 0.628. The smallest absolute Gasteiger partial charge is 0.290 e. The summed E-state index contributed by atoms with van der Waals surface area (Å²) in [7, 11) is 0. The first-order chi connectivity index (χ1) is 9.11. The first-order valence-corrected chi connectivity index (χ1v) is 5.60. The number of ether oxygens (including phenoxy) is 1. The zero-order valence-electron chi connectivity index (χ0n) is 9.54. The number of para-hydroxylation sites is 1. The molecule has 94 valence electrons. The molecule has 5 nitrogen and oxygen atoms in total. The molecule has 6 heteroatoms. The summed E-state index contributed by atoms with van der Waals surface area (Å²) in [6.45, 7) is 0. The molecule has 0 unspecified atom stereocenters. The lowest BCUT2D eigenvalue weighted by Gasteiger charge is -2.07. The van der Waals surface area contributed by atoms with Crippen LogP contribution in [0.2, 0.25) is 5.02 Å². The van der Waals surface area contributed by atoms with E-state index in [4.69, 9.17) is 21.6 Å². The number of benzene rings is 2. The van der Waals surface area contributed by atoms with Crippen molar-refractivity contribution in [1.82, 2.24) is 0 Å². The number of hydrogen-bond donors (Lipinski definition) is 0. The van der Waals surface area contributed by atoms with Crippen LogP contribution in [0.3, 0.4) is 0 Å². The van der Waals surface area contributed by atoms with Gasteiger partial charge in [0.2, 0.25) is 0 Å². The summed E-state index contributed by atoms with van der Waals surface area (Å²) in [4.78, 5) is 10.2. The van der Waals surface area contributed by atoms with Gasteiger partial charge in [-0.15, -0.1) is 0 Å². The normalized spacial score (nSPS) is 9.68. The van der Waals surface area contributed by atoms with Crippen molar-refractivity contribution < 1.29 is 9.66 Å². The highest BCUT2D eigenvalue weighted by atomic mass is 35.5. The summed E-state index contributed by atoms with van der Waals surface area (Å²) in [5.41, 5.74) is -0.316. The van der Waals surface area contributed by atoms with Crippen LogP contribution in [0.15, 0.2) is 42.5 Å². The van der Waals surface area contributed by atoms with Crippen LogP contribution in [0, 0.1) is 21.4 Å². The van der Waals surface area contributed by atoms with Gasteiger partial charge in [0, 0.05) is 0 Å². The molecule has 0 N–H and O–H groups in total. The highest BCUT2D eigenvalue weighted by Gasteiger charge is 2.15. The third-order valence-corrected chi connectivity index (χ3v) is 2.66. The number of nitriles is 1. The third-order valence-electron chi connectivity index (χ3n) is 2.35. The molecule has 2 rings (SSSR count). The Morgan fingerprint density at radius 3 is 2.63 bits per heavy atom. The molecule has 0 aliphatic carbocycles. The highest BCUT2D eigenvalue weighted by Crippen LogP contribution is 2.31. The van der Waals surface area contributed by atoms with Crippen LogP contribution in [-0.2, 0) is 0 Å². The van der Waals surface area contributed by atoms with E-state index < -0.39 is 4.92 Å². The van der Waals surface area contributed by atoms with Crippen LogP contribution in [0.1, 0.15) is 5.56 Å². The van der Waals surface area contributed by atoms with Gasteiger partial charge in [-0.2, -0.15) is 5.26 Å². The van der Waals surface area contributed by atoms with Gasteiger partial charge in [-0.25, -0.2) is 0 Å². The fraction of sp³-hybridized carbons (Fsp3) is 0. The maximum absolute atomic E-state index is 10.8. The zero-order valence-corrected chi connectivity index (χ0v) is 10.3. The maximum atomic E-state index is 10.8. The van der Waals surface area contributed by atoms with Crippen molar-refractivity contribution in [2.24, 2.45) is 0 Å². The molecule has 2 aromatic carbocycles. The number of nitrogens with zero attached hydrogens (tertiary/aromatic N) is 2. The SMILES string of the molecule is N#Cc1ccc(Oc2ccccc2Cl)cc1[N+](=O)[O-]. The number of rotatable bonds is 3. The third kappa shape index (κ3) is 2.81. The van der Waals surface area contributed by atoms with Gasteiger partial charge in [-0.3, -0.25) is 10.1 Å². The van der Waals surface area contributed by atoms with Crippen molar-refractivity contribution in [3.05, 3.63) is 63.2 Å². The summed E-state index contributed by atoms with van der Waals surface area (Å²) in [5.74, 6) is 0.641. The second-order valence-electron chi connectivity index (χ2n) is 3.58. The second kappa shape index (κ2) is 5.38. The Morgan fingerprint density at radius 2 is 2.00 bits per heavy atom. The Hall–Kier alpha value is -2.58. The van der Waals surface area contributed by atoms with Crippen molar-refractivity contribution >= 4 is 17.3 Å². The Bertz CT molecular complexity index is 680. The molecule has 0 bridgehead atoms. The maximum Gasteiger partial charge on any atom is 0.290 e. The lowest BCUT2D eigenvalue weighted by Crippen LogP contribution is -1.93. The van der Waals surface area contributed by atoms with E-state index in [1.165, 1.54) is 18.2 Å². The topological polar surface area (TPSA) is 76.2 Å². The molecular formula is C13H7ClN2O3. The monoisotopic (exact) mass is 274 g/mol. The Labute approximate surface area is 113 Å². The minimum absolute atomic E-state index is 0.0171. The van der Waals surface area contributed by atoms with Crippen molar-refractivity contribution in [3.8, 4) is 17.6 Å². The van der Waals surface area contributed by atoms with Crippen LogP contribution in [0.25, 0.3) is 0 Å². The van der Waals surface area contributed by atoms with Crippen LogP contribution in [0.4, 0.5) is 5.69 Å². The largest absolute Gasteiger partial charge is 0.456 e. The standard InChI is InChI=1S/C13H7ClN2O3/c14-11-3-1-2-4-13(11)19-10-6-5-9(8-15)12(7-10)16(17)18/h1-7H. The van der Waals surface area contributed by atoms with Crippen molar-refractivity contribution in [1.29, 1.82) is 5.26 Å². The van der Waals surface area contributed by atoms with E-state index in [1.807, 2.05) is 0 Å². The molecule has 0 atom stereocenters. The number of nitro benzene ring substituents is 1. The summed E-state index contributed by atoms with van der Waals surface area (Å²) >= 11 is 5.92. The molecule has 0 aliphatic rings. The van der Waals surface area contributed by atoms with E-state index in [-0.39, 0.29) is 17.0 Å². The van der Waals surface area contributed by atoms with Crippen LogP contribution < -0.4 is 4.74 Å². The van der Waals surface area contributed by atoms with E-state index in [1.54, 1.807) is 30.3 Å². The van der Waals surface area contributed by atoms with Crippen molar-refractivity contribution in [2.75, 3.05) is 0 Å². The highest BCUT2D eigenvalue weighted by molar-refractivity contribution is 6.32. The molecule has 0 saturated heterocycles. The molecule has 2 aromatic rings. The molecular weight excluding hydrogens is 268 g/mol. The molecule has 0 radical (unpaired) electrons. The predicted molar refractivity (Wildman–Crippen MR) is 69.3 cm³/mol.